The summed E-state index contributed by atoms with van der Waals surface area (Å²) in [7, 11) is 1.66. The van der Waals surface area contributed by atoms with E-state index in [9.17, 15) is 0 Å². The molecule has 0 aliphatic carbocycles. The minimum absolute atomic E-state index is 0.816. The van der Waals surface area contributed by atoms with E-state index in [1.165, 1.54) is 0 Å². The van der Waals surface area contributed by atoms with Crippen molar-refractivity contribution >= 4 is 11.4 Å². The van der Waals surface area contributed by atoms with Gasteiger partial charge in [-0.3, -0.25) is 9.90 Å². The Hall–Kier alpha value is -1.22. The van der Waals surface area contributed by atoms with Crippen LogP contribution in [0.3, 0.4) is 0 Å². The summed E-state index contributed by atoms with van der Waals surface area (Å²) in [5, 5.41) is 1.81. The molecule has 0 unspecified atom stereocenters. The van der Waals surface area contributed by atoms with Crippen LogP contribution in [-0.4, -0.2) is 13.7 Å². The van der Waals surface area contributed by atoms with Crippen LogP contribution in [0, 0.1) is 6.92 Å². The number of nitrogens with two attached hydrogens (primary N) is 1. The van der Waals surface area contributed by atoms with Gasteiger partial charge in [-0.1, -0.05) is 0 Å². The lowest BCUT2D eigenvalue weighted by Crippen LogP contribution is -2.20. The molecule has 1 aromatic carbocycles. The van der Waals surface area contributed by atoms with E-state index in [1.54, 1.807) is 7.11 Å². The Balaban J connectivity index is 2.95. The molecule has 0 aromatic heterocycles. The third kappa shape index (κ3) is 2.12. The summed E-state index contributed by atoms with van der Waals surface area (Å²) in [5.74, 6) is 0. The Morgan fingerprint density at radius 1 is 1.46 bits per heavy atom. The van der Waals surface area contributed by atoms with Crippen molar-refractivity contribution in [2.24, 2.45) is 0 Å². The van der Waals surface area contributed by atoms with Crippen LogP contribution in [-0.2, 0) is 4.84 Å². The van der Waals surface area contributed by atoms with E-state index in [1.807, 2.05) is 37.1 Å². The van der Waals surface area contributed by atoms with Crippen molar-refractivity contribution in [2.75, 3.05) is 24.5 Å². The smallest absolute Gasteiger partial charge is 0.0640 e. The van der Waals surface area contributed by atoms with Crippen molar-refractivity contribution < 1.29 is 4.84 Å². The molecule has 0 amide bonds. The molecule has 0 aliphatic heterocycles. The number of hydrogen-bond donors (Lipinski definition) is 1. The normalized spacial score (nSPS) is 10.1. The Morgan fingerprint density at radius 2 is 2.15 bits per heavy atom. The first-order valence-electron chi connectivity index (χ1n) is 4.36. The molecule has 0 bridgehead atoms. The van der Waals surface area contributed by atoms with Gasteiger partial charge in [0, 0.05) is 12.2 Å². The van der Waals surface area contributed by atoms with Crippen molar-refractivity contribution in [3.63, 3.8) is 0 Å². The SMILES string of the molecule is CCN(OC)c1ccc(N)c(C)c1. The molecule has 0 atom stereocenters. The average molecular weight is 180 g/mol. The highest BCUT2D eigenvalue weighted by Crippen LogP contribution is 2.20. The lowest BCUT2D eigenvalue weighted by atomic mass is 10.2. The summed E-state index contributed by atoms with van der Waals surface area (Å²) in [5.41, 5.74) is 8.64. The van der Waals surface area contributed by atoms with Crippen LogP contribution in [0.4, 0.5) is 11.4 Å². The largest absolute Gasteiger partial charge is 0.399 e. The van der Waals surface area contributed by atoms with E-state index >= 15 is 0 Å². The molecule has 0 spiro atoms. The Bertz CT molecular complexity index is 282. The zero-order chi connectivity index (χ0) is 9.84. The van der Waals surface area contributed by atoms with Gasteiger partial charge in [-0.15, -0.1) is 0 Å². The van der Waals surface area contributed by atoms with Gasteiger partial charge >= 0.3 is 0 Å². The fraction of sp³-hybridized carbons (Fsp3) is 0.400. The number of aryl methyl sites for hydroxylation is 1. The van der Waals surface area contributed by atoms with Gasteiger partial charge in [0.2, 0.25) is 0 Å². The van der Waals surface area contributed by atoms with Crippen LogP contribution in [0.2, 0.25) is 0 Å². The standard InChI is InChI=1S/C10H16N2O/c1-4-12(13-3)9-5-6-10(11)8(2)7-9/h5-7H,4,11H2,1-3H3. The molecule has 1 aromatic rings. The Labute approximate surface area is 79.1 Å². The van der Waals surface area contributed by atoms with Crippen molar-refractivity contribution in [2.45, 2.75) is 13.8 Å². The number of rotatable bonds is 3. The third-order valence-corrected chi connectivity index (χ3v) is 2.05. The van der Waals surface area contributed by atoms with Gasteiger partial charge in [0.15, 0.2) is 0 Å². The summed E-state index contributed by atoms with van der Waals surface area (Å²) in [6.07, 6.45) is 0. The Morgan fingerprint density at radius 3 is 2.62 bits per heavy atom. The van der Waals surface area contributed by atoms with E-state index < -0.39 is 0 Å². The highest BCUT2D eigenvalue weighted by atomic mass is 16.7. The van der Waals surface area contributed by atoms with Crippen molar-refractivity contribution in [1.29, 1.82) is 0 Å². The molecule has 0 fully saturated rings. The van der Waals surface area contributed by atoms with Crippen LogP contribution in [0.15, 0.2) is 18.2 Å². The molecule has 1 rings (SSSR count). The first-order chi connectivity index (χ1) is 6.19. The number of nitrogen functional groups attached to an aromatic ring is 1. The monoisotopic (exact) mass is 180 g/mol. The molecule has 72 valence electrons. The maximum absolute atomic E-state index is 5.71. The molecule has 0 radical (unpaired) electrons. The summed E-state index contributed by atoms with van der Waals surface area (Å²) < 4.78 is 0. The average Bonchev–Trinajstić information content (AvgIpc) is 2.13. The molecule has 0 heterocycles. The van der Waals surface area contributed by atoms with Gasteiger partial charge in [0.1, 0.15) is 0 Å². The zero-order valence-corrected chi connectivity index (χ0v) is 8.37. The van der Waals surface area contributed by atoms with Crippen LogP contribution in [0.5, 0.6) is 0 Å². The number of benzene rings is 1. The summed E-state index contributed by atoms with van der Waals surface area (Å²) in [6.45, 7) is 4.84. The van der Waals surface area contributed by atoms with E-state index in [2.05, 4.69) is 0 Å². The molecular formula is C10H16N2O. The van der Waals surface area contributed by atoms with E-state index in [-0.39, 0.29) is 0 Å². The second-order valence-corrected chi connectivity index (χ2v) is 2.92. The molecule has 0 saturated carbocycles. The Kier molecular flexibility index (Phi) is 3.14. The predicted molar refractivity (Wildman–Crippen MR) is 55.6 cm³/mol. The van der Waals surface area contributed by atoms with Gasteiger partial charge in [-0.25, -0.2) is 0 Å². The van der Waals surface area contributed by atoms with E-state index in [4.69, 9.17) is 10.6 Å². The molecule has 2 N–H and O–H groups in total. The quantitative estimate of drug-likeness (QED) is 0.571. The second kappa shape index (κ2) is 4.14. The zero-order valence-electron chi connectivity index (χ0n) is 8.37. The minimum atomic E-state index is 0.816. The van der Waals surface area contributed by atoms with Crippen molar-refractivity contribution in [3.8, 4) is 0 Å². The van der Waals surface area contributed by atoms with Gasteiger partial charge in [-0.2, -0.15) is 0 Å². The van der Waals surface area contributed by atoms with E-state index in [0.29, 0.717) is 0 Å². The van der Waals surface area contributed by atoms with Crippen LogP contribution < -0.4 is 10.8 Å². The topological polar surface area (TPSA) is 38.5 Å². The predicted octanol–water partition coefficient (Wildman–Crippen LogP) is 1.96. The van der Waals surface area contributed by atoms with Crippen LogP contribution in [0.25, 0.3) is 0 Å². The molecule has 3 nitrogen and oxygen atoms in total. The molecular weight excluding hydrogens is 164 g/mol. The lowest BCUT2D eigenvalue weighted by Gasteiger charge is -2.20. The maximum atomic E-state index is 5.71. The van der Waals surface area contributed by atoms with Crippen molar-refractivity contribution in [1.82, 2.24) is 0 Å². The fourth-order valence-corrected chi connectivity index (χ4v) is 1.23. The van der Waals surface area contributed by atoms with Gasteiger partial charge in [0.25, 0.3) is 0 Å². The minimum Gasteiger partial charge on any atom is -0.399 e. The highest BCUT2D eigenvalue weighted by molar-refractivity contribution is 5.56. The van der Waals surface area contributed by atoms with Crippen molar-refractivity contribution in [3.05, 3.63) is 23.8 Å². The molecule has 3 heteroatoms. The summed E-state index contributed by atoms with van der Waals surface area (Å²) in [4.78, 5) is 5.17. The summed E-state index contributed by atoms with van der Waals surface area (Å²) in [6, 6.07) is 5.87. The van der Waals surface area contributed by atoms with E-state index in [0.717, 1.165) is 23.5 Å². The summed E-state index contributed by atoms with van der Waals surface area (Å²) >= 11 is 0. The second-order valence-electron chi connectivity index (χ2n) is 2.92. The number of nitrogens with zero attached hydrogens (tertiary/aromatic N) is 1. The maximum Gasteiger partial charge on any atom is 0.0640 e. The molecule has 0 aliphatic rings. The van der Waals surface area contributed by atoms with Crippen LogP contribution in [0.1, 0.15) is 12.5 Å². The fourth-order valence-electron chi connectivity index (χ4n) is 1.23. The third-order valence-electron chi connectivity index (χ3n) is 2.05. The number of hydrogen-bond acceptors (Lipinski definition) is 3. The van der Waals surface area contributed by atoms with Gasteiger partial charge in [-0.05, 0) is 37.6 Å². The van der Waals surface area contributed by atoms with Crippen LogP contribution >= 0.6 is 0 Å². The number of anilines is 2. The first kappa shape index (κ1) is 9.86. The lowest BCUT2D eigenvalue weighted by molar-refractivity contribution is 0.171. The first-order valence-corrected chi connectivity index (χ1v) is 4.36. The molecule has 13 heavy (non-hydrogen) atoms. The van der Waals surface area contributed by atoms with Gasteiger partial charge in [0.05, 0.1) is 12.8 Å². The number of hydroxylamine groups is 1. The van der Waals surface area contributed by atoms with Gasteiger partial charge < -0.3 is 5.73 Å². The molecule has 0 saturated heterocycles. The highest BCUT2D eigenvalue weighted by Gasteiger charge is 2.03.